The summed E-state index contributed by atoms with van der Waals surface area (Å²) in [5, 5.41) is 15.7. The molecular weight excluding hydrogens is 542 g/mol. The molecule has 4 aliphatic rings. The van der Waals surface area contributed by atoms with Crippen molar-refractivity contribution in [3.8, 4) is 17.0 Å². The van der Waals surface area contributed by atoms with Crippen LogP contribution in [0.15, 0.2) is 71.8 Å². The second kappa shape index (κ2) is 11.4. The number of piperidine rings is 1. The average molecular weight is 584 g/mol. The smallest absolute Gasteiger partial charge is 0.320 e. The fourth-order valence-corrected chi connectivity index (χ4v) is 7.42. The molecule has 1 spiro atoms. The molecule has 2 atom stereocenters. The van der Waals surface area contributed by atoms with E-state index in [9.17, 15) is 14.7 Å². The molecule has 2 aromatic carbocycles. The zero-order valence-corrected chi connectivity index (χ0v) is 24.7. The van der Waals surface area contributed by atoms with E-state index in [-0.39, 0.29) is 24.2 Å². The van der Waals surface area contributed by atoms with Crippen LogP contribution in [-0.4, -0.2) is 74.9 Å². The highest BCUT2D eigenvalue weighted by molar-refractivity contribution is 5.75. The Kier molecular flexibility index (Phi) is 7.47. The van der Waals surface area contributed by atoms with Gasteiger partial charge in [0.1, 0.15) is 5.75 Å². The van der Waals surface area contributed by atoms with Crippen molar-refractivity contribution in [1.29, 1.82) is 0 Å². The molecule has 3 heterocycles. The first-order valence-electron chi connectivity index (χ1n) is 15.8. The predicted molar refractivity (Wildman–Crippen MR) is 164 cm³/mol. The van der Waals surface area contributed by atoms with E-state index in [2.05, 4.69) is 22.4 Å². The second-order valence-corrected chi connectivity index (χ2v) is 12.9. The Morgan fingerprint density at radius 2 is 1.79 bits per heavy atom. The maximum Gasteiger partial charge on any atom is 0.320 e. The van der Waals surface area contributed by atoms with Crippen LogP contribution in [-0.2, 0) is 6.54 Å². The molecule has 9 nitrogen and oxygen atoms in total. The summed E-state index contributed by atoms with van der Waals surface area (Å²) in [6.45, 7) is 3.28. The quantitative estimate of drug-likeness (QED) is 0.451. The lowest BCUT2D eigenvalue weighted by molar-refractivity contribution is -0.137. The normalized spacial score (nSPS) is 25.2. The molecule has 7 rings (SSSR count). The van der Waals surface area contributed by atoms with E-state index in [1.54, 1.807) is 17.0 Å². The molecule has 2 N–H and O–H groups in total. The highest BCUT2D eigenvalue weighted by Crippen LogP contribution is 2.52. The number of likely N-dealkylation sites (tertiary alicyclic amines) is 1. The Labute approximate surface area is 252 Å². The van der Waals surface area contributed by atoms with Gasteiger partial charge < -0.3 is 25.0 Å². The van der Waals surface area contributed by atoms with Crippen LogP contribution in [0, 0.1) is 5.41 Å². The van der Waals surface area contributed by atoms with Gasteiger partial charge in [0, 0.05) is 49.8 Å². The number of piperazine rings is 1. The Bertz CT molecular complexity index is 1500. The molecule has 2 aliphatic heterocycles. The first-order valence-corrected chi connectivity index (χ1v) is 15.8. The molecular formula is C34H41N5O4. The average Bonchev–Trinajstić information content (AvgIpc) is 3.73. The molecule has 2 saturated heterocycles. The number of urea groups is 1. The van der Waals surface area contributed by atoms with Crippen LogP contribution in [0.25, 0.3) is 11.3 Å². The number of carbonyl (C=O) groups excluding carboxylic acids is 1. The van der Waals surface area contributed by atoms with Gasteiger partial charge in [-0.1, -0.05) is 43.2 Å². The fourth-order valence-electron chi connectivity index (χ4n) is 7.42. The maximum absolute atomic E-state index is 14.0. The third-order valence-electron chi connectivity index (χ3n) is 10.1. The third kappa shape index (κ3) is 5.56. The lowest BCUT2D eigenvalue weighted by Gasteiger charge is -2.53. The zero-order chi connectivity index (χ0) is 29.4. The summed E-state index contributed by atoms with van der Waals surface area (Å²) in [6, 6.07) is 19.5. The number of ether oxygens (including phenoxy) is 1. The molecule has 9 heteroatoms. The number of carbonyl (C=O) groups is 1. The molecule has 3 aromatic rings. The standard InChI is InChI=1S/C34H41N5O4/c40-31-20-29(25-8-10-27(11-9-25)43-28-12-13-28)36-24-38(31)23-34(42)16-18-37(22-33(34)14-4-5-15-33)32(41)39-19-17-35-21-30(39)26-6-2-1-3-7-26/h1-3,6-11,20,24,28,30,35,42H,4-5,12-19,21-23H2/t30-,34+/m0/s1. The van der Waals surface area contributed by atoms with E-state index in [1.807, 2.05) is 52.3 Å². The number of nitrogens with one attached hydrogen (secondary N) is 1. The van der Waals surface area contributed by atoms with Gasteiger partial charge >= 0.3 is 6.03 Å². The number of aliphatic hydroxyl groups is 1. The van der Waals surface area contributed by atoms with Crippen molar-refractivity contribution >= 4 is 6.03 Å². The highest BCUT2D eigenvalue weighted by atomic mass is 16.5. The number of rotatable bonds is 6. The van der Waals surface area contributed by atoms with Crippen LogP contribution in [0.4, 0.5) is 4.79 Å². The first kappa shape index (κ1) is 28.1. The number of amides is 2. The summed E-state index contributed by atoms with van der Waals surface area (Å²) in [6.07, 6.45) is 8.24. The summed E-state index contributed by atoms with van der Waals surface area (Å²) in [5.74, 6) is 0.834. The van der Waals surface area contributed by atoms with Gasteiger partial charge in [-0.15, -0.1) is 0 Å². The second-order valence-electron chi connectivity index (χ2n) is 12.9. The monoisotopic (exact) mass is 583 g/mol. The van der Waals surface area contributed by atoms with Gasteiger partial charge in [0.25, 0.3) is 5.56 Å². The van der Waals surface area contributed by atoms with Crippen molar-refractivity contribution in [1.82, 2.24) is 24.7 Å². The van der Waals surface area contributed by atoms with Gasteiger partial charge in [-0.3, -0.25) is 9.36 Å². The Morgan fingerprint density at radius 3 is 2.51 bits per heavy atom. The molecule has 226 valence electrons. The highest BCUT2D eigenvalue weighted by Gasteiger charge is 2.56. The maximum atomic E-state index is 14.0. The summed E-state index contributed by atoms with van der Waals surface area (Å²) < 4.78 is 7.39. The Hall–Kier alpha value is -3.69. The lowest BCUT2D eigenvalue weighted by atomic mass is 9.66. The third-order valence-corrected chi connectivity index (χ3v) is 10.1. The Balaban J connectivity index is 1.08. The number of nitrogens with zero attached hydrogens (tertiary/aromatic N) is 4. The van der Waals surface area contributed by atoms with Crippen LogP contribution >= 0.6 is 0 Å². The van der Waals surface area contributed by atoms with Gasteiger partial charge in [0.05, 0.1) is 36.3 Å². The van der Waals surface area contributed by atoms with E-state index in [1.165, 1.54) is 0 Å². The van der Waals surface area contributed by atoms with Gasteiger partial charge in [-0.25, -0.2) is 9.78 Å². The molecule has 43 heavy (non-hydrogen) atoms. The van der Waals surface area contributed by atoms with Gasteiger partial charge in [0.2, 0.25) is 0 Å². The van der Waals surface area contributed by atoms with Crippen molar-refractivity contribution in [3.05, 3.63) is 82.9 Å². The van der Waals surface area contributed by atoms with Crippen LogP contribution in [0.1, 0.15) is 56.6 Å². The molecule has 2 amide bonds. The van der Waals surface area contributed by atoms with Gasteiger partial charge in [0.15, 0.2) is 0 Å². The number of aromatic nitrogens is 2. The van der Waals surface area contributed by atoms with E-state index in [0.29, 0.717) is 37.9 Å². The zero-order valence-electron chi connectivity index (χ0n) is 24.7. The fraction of sp³-hybridized carbons (Fsp3) is 0.500. The van der Waals surface area contributed by atoms with Gasteiger partial charge in [-0.2, -0.15) is 0 Å². The first-order chi connectivity index (χ1) is 20.9. The molecule has 0 bridgehead atoms. The predicted octanol–water partition coefficient (Wildman–Crippen LogP) is 4.22. The van der Waals surface area contributed by atoms with E-state index in [0.717, 1.165) is 68.5 Å². The van der Waals surface area contributed by atoms with Crippen molar-refractivity contribution < 1.29 is 14.6 Å². The summed E-state index contributed by atoms with van der Waals surface area (Å²) in [7, 11) is 0. The number of hydrogen-bond donors (Lipinski definition) is 2. The van der Waals surface area contributed by atoms with E-state index in [4.69, 9.17) is 4.74 Å². The minimum Gasteiger partial charge on any atom is -0.490 e. The summed E-state index contributed by atoms with van der Waals surface area (Å²) in [5.41, 5.74) is 0.849. The van der Waals surface area contributed by atoms with Crippen LogP contribution in [0.2, 0.25) is 0 Å². The van der Waals surface area contributed by atoms with Crippen molar-refractivity contribution in [2.24, 2.45) is 5.41 Å². The SMILES string of the molecule is O=C(N1CC[C@@](O)(Cn2cnc(-c3ccc(OC4CC4)cc3)cc2=O)C2(CCCC2)C1)N1CCNC[C@H]1c1ccccc1. The van der Waals surface area contributed by atoms with Crippen LogP contribution in [0.3, 0.4) is 0 Å². The summed E-state index contributed by atoms with van der Waals surface area (Å²) >= 11 is 0. The molecule has 2 saturated carbocycles. The largest absolute Gasteiger partial charge is 0.490 e. The minimum atomic E-state index is -1.10. The molecule has 0 unspecified atom stereocenters. The van der Waals surface area contributed by atoms with E-state index < -0.39 is 11.0 Å². The molecule has 4 fully saturated rings. The number of benzene rings is 2. The summed E-state index contributed by atoms with van der Waals surface area (Å²) in [4.78, 5) is 35.9. The lowest BCUT2D eigenvalue weighted by Crippen LogP contribution is -2.64. The molecule has 2 aliphatic carbocycles. The number of hydrogen-bond acceptors (Lipinski definition) is 6. The van der Waals surface area contributed by atoms with Crippen molar-refractivity contribution in [2.45, 2.75) is 69.2 Å². The topological polar surface area (TPSA) is 99.9 Å². The van der Waals surface area contributed by atoms with Gasteiger partial charge in [-0.05, 0) is 61.9 Å². The van der Waals surface area contributed by atoms with Crippen molar-refractivity contribution in [3.63, 3.8) is 0 Å². The van der Waals surface area contributed by atoms with E-state index >= 15 is 0 Å². The minimum absolute atomic E-state index is 0.0205. The van der Waals surface area contributed by atoms with Crippen LogP contribution < -0.4 is 15.6 Å². The Morgan fingerprint density at radius 1 is 1.02 bits per heavy atom. The molecule has 1 aromatic heterocycles. The molecule has 0 radical (unpaired) electrons. The van der Waals surface area contributed by atoms with Crippen LogP contribution in [0.5, 0.6) is 5.75 Å². The van der Waals surface area contributed by atoms with Crippen molar-refractivity contribution in [2.75, 3.05) is 32.7 Å².